The van der Waals surface area contributed by atoms with E-state index in [1.807, 2.05) is 24.3 Å². The summed E-state index contributed by atoms with van der Waals surface area (Å²) in [6.45, 7) is 1.81. The summed E-state index contributed by atoms with van der Waals surface area (Å²) >= 11 is 6.68. The number of aromatic nitrogens is 2. The SMILES string of the molecule is Cc1nc(NC(=O)NC(=O)c2ccccc2Br)cnc1-c1ccc(Br)cc1. The van der Waals surface area contributed by atoms with E-state index in [1.54, 1.807) is 31.2 Å². The molecule has 3 aromatic rings. The predicted molar refractivity (Wildman–Crippen MR) is 111 cm³/mol. The highest BCUT2D eigenvalue weighted by molar-refractivity contribution is 9.10. The Morgan fingerprint density at radius 2 is 1.70 bits per heavy atom. The van der Waals surface area contributed by atoms with Crippen LogP contribution in [-0.4, -0.2) is 21.9 Å². The molecule has 136 valence electrons. The minimum Gasteiger partial charge on any atom is -0.291 e. The lowest BCUT2D eigenvalue weighted by Gasteiger charge is -2.09. The number of urea groups is 1. The van der Waals surface area contributed by atoms with E-state index >= 15 is 0 Å². The number of rotatable bonds is 3. The van der Waals surface area contributed by atoms with Gasteiger partial charge in [0.15, 0.2) is 5.82 Å². The molecule has 0 fully saturated rings. The molecule has 0 unspecified atom stereocenters. The van der Waals surface area contributed by atoms with Crippen molar-refractivity contribution in [1.29, 1.82) is 0 Å². The summed E-state index contributed by atoms with van der Waals surface area (Å²) in [6.07, 6.45) is 1.45. The zero-order valence-electron chi connectivity index (χ0n) is 14.2. The van der Waals surface area contributed by atoms with Gasteiger partial charge in [0.1, 0.15) is 0 Å². The van der Waals surface area contributed by atoms with Gasteiger partial charge in [0.05, 0.1) is 23.1 Å². The van der Waals surface area contributed by atoms with Crippen molar-refractivity contribution in [2.75, 3.05) is 5.32 Å². The molecule has 1 aromatic heterocycles. The molecule has 6 nitrogen and oxygen atoms in total. The average molecular weight is 490 g/mol. The largest absolute Gasteiger partial charge is 0.327 e. The molecule has 0 saturated heterocycles. The highest BCUT2D eigenvalue weighted by atomic mass is 79.9. The number of carbonyl (C=O) groups excluding carboxylic acids is 2. The van der Waals surface area contributed by atoms with Crippen LogP contribution in [0.1, 0.15) is 16.1 Å². The monoisotopic (exact) mass is 488 g/mol. The third-order valence-corrected chi connectivity index (χ3v) is 4.87. The summed E-state index contributed by atoms with van der Waals surface area (Å²) in [6, 6.07) is 13.9. The Bertz CT molecular complexity index is 1010. The van der Waals surface area contributed by atoms with Crippen LogP contribution in [0, 0.1) is 6.92 Å². The maximum atomic E-state index is 12.2. The van der Waals surface area contributed by atoms with Crippen LogP contribution in [0.4, 0.5) is 10.6 Å². The number of halogens is 2. The van der Waals surface area contributed by atoms with Gasteiger partial charge in [-0.25, -0.2) is 9.78 Å². The highest BCUT2D eigenvalue weighted by Crippen LogP contribution is 2.23. The van der Waals surface area contributed by atoms with Crippen LogP contribution >= 0.6 is 31.9 Å². The molecule has 0 spiro atoms. The van der Waals surface area contributed by atoms with Crippen LogP contribution in [0.2, 0.25) is 0 Å². The molecule has 3 rings (SSSR count). The van der Waals surface area contributed by atoms with E-state index in [1.165, 1.54) is 6.20 Å². The summed E-state index contributed by atoms with van der Waals surface area (Å²) in [5.41, 5.74) is 2.66. The van der Waals surface area contributed by atoms with Crippen molar-refractivity contribution in [2.24, 2.45) is 0 Å². The second-order valence-electron chi connectivity index (χ2n) is 5.58. The maximum Gasteiger partial charge on any atom is 0.327 e. The lowest BCUT2D eigenvalue weighted by atomic mass is 10.1. The average Bonchev–Trinajstić information content (AvgIpc) is 2.63. The van der Waals surface area contributed by atoms with Crippen molar-refractivity contribution < 1.29 is 9.59 Å². The fraction of sp³-hybridized carbons (Fsp3) is 0.0526. The number of hydrogen-bond acceptors (Lipinski definition) is 4. The molecule has 0 aliphatic carbocycles. The van der Waals surface area contributed by atoms with E-state index in [4.69, 9.17) is 0 Å². The van der Waals surface area contributed by atoms with Crippen molar-refractivity contribution in [1.82, 2.24) is 15.3 Å². The summed E-state index contributed by atoms with van der Waals surface area (Å²) in [5.74, 6) is -0.262. The number of nitrogens with one attached hydrogen (secondary N) is 2. The third kappa shape index (κ3) is 4.78. The lowest BCUT2D eigenvalue weighted by molar-refractivity contribution is 0.0966. The second-order valence-corrected chi connectivity index (χ2v) is 7.35. The molecule has 0 atom stereocenters. The standard InChI is InChI=1S/C19H14Br2N4O2/c1-11-17(12-6-8-13(20)9-7-12)22-10-16(23-11)24-19(27)25-18(26)14-4-2-3-5-15(14)21/h2-10H,1H3,(H2,23,24,25,26,27). The normalized spacial score (nSPS) is 10.3. The molecule has 27 heavy (non-hydrogen) atoms. The predicted octanol–water partition coefficient (Wildman–Crippen LogP) is 4.94. The Hall–Kier alpha value is -2.58. The summed E-state index contributed by atoms with van der Waals surface area (Å²) in [5, 5.41) is 4.79. The minimum atomic E-state index is -0.680. The first-order valence-electron chi connectivity index (χ1n) is 7.90. The molecule has 0 radical (unpaired) electrons. The summed E-state index contributed by atoms with van der Waals surface area (Å²) in [7, 11) is 0. The van der Waals surface area contributed by atoms with Gasteiger partial charge in [0.25, 0.3) is 5.91 Å². The number of carbonyl (C=O) groups is 2. The van der Waals surface area contributed by atoms with Gasteiger partial charge in [-0.05, 0) is 47.1 Å². The van der Waals surface area contributed by atoms with Crippen LogP contribution in [0.15, 0.2) is 63.7 Å². The van der Waals surface area contributed by atoms with Crippen molar-refractivity contribution in [3.8, 4) is 11.3 Å². The fourth-order valence-electron chi connectivity index (χ4n) is 2.40. The lowest BCUT2D eigenvalue weighted by Crippen LogP contribution is -2.34. The third-order valence-electron chi connectivity index (χ3n) is 3.65. The Balaban J connectivity index is 1.69. The molecule has 2 aromatic carbocycles. The zero-order valence-corrected chi connectivity index (χ0v) is 17.3. The molecular formula is C19H14Br2N4O2. The number of nitrogens with zero attached hydrogens (tertiary/aromatic N) is 2. The second kappa shape index (κ2) is 8.41. The molecule has 0 bridgehead atoms. The van der Waals surface area contributed by atoms with E-state index in [2.05, 4.69) is 52.5 Å². The van der Waals surface area contributed by atoms with Crippen molar-refractivity contribution in [3.63, 3.8) is 0 Å². The van der Waals surface area contributed by atoms with Crippen molar-refractivity contribution in [2.45, 2.75) is 6.92 Å². The van der Waals surface area contributed by atoms with E-state index in [0.717, 1.165) is 15.7 Å². The minimum absolute atomic E-state index is 0.255. The van der Waals surface area contributed by atoms with Gasteiger partial charge in [0, 0.05) is 14.5 Å². The molecule has 1 heterocycles. The van der Waals surface area contributed by atoms with Gasteiger partial charge in [0.2, 0.25) is 0 Å². The van der Waals surface area contributed by atoms with Gasteiger partial charge in [-0.15, -0.1) is 0 Å². The van der Waals surface area contributed by atoms with Gasteiger partial charge in [-0.1, -0.05) is 40.2 Å². The Labute approximate surface area is 172 Å². The van der Waals surface area contributed by atoms with Crippen LogP contribution in [0.5, 0.6) is 0 Å². The molecule has 8 heteroatoms. The van der Waals surface area contributed by atoms with E-state index in [-0.39, 0.29) is 5.82 Å². The van der Waals surface area contributed by atoms with Gasteiger partial charge in [-0.2, -0.15) is 0 Å². The molecular weight excluding hydrogens is 476 g/mol. The number of anilines is 1. The van der Waals surface area contributed by atoms with Gasteiger partial charge < -0.3 is 0 Å². The van der Waals surface area contributed by atoms with Gasteiger partial charge >= 0.3 is 6.03 Å². The smallest absolute Gasteiger partial charge is 0.291 e. The van der Waals surface area contributed by atoms with Crippen LogP contribution in [0.25, 0.3) is 11.3 Å². The first-order valence-corrected chi connectivity index (χ1v) is 9.49. The van der Waals surface area contributed by atoms with E-state index < -0.39 is 11.9 Å². The zero-order chi connectivity index (χ0) is 19.4. The first-order chi connectivity index (χ1) is 12.9. The number of imide groups is 1. The van der Waals surface area contributed by atoms with Crippen LogP contribution in [0.3, 0.4) is 0 Å². The summed E-state index contributed by atoms with van der Waals surface area (Å²) < 4.78 is 1.58. The molecule has 2 N–H and O–H groups in total. The number of hydrogen-bond donors (Lipinski definition) is 2. The molecule has 0 saturated carbocycles. The first kappa shape index (κ1) is 19.2. The Morgan fingerprint density at radius 1 is 1.00 bits per heavy atom. The number of benzene rings is 2. The number of amides is 3. The Kier molecular flexibility index (Phi) is 5.98. The fourth-order valence-corrected chi connectivity index (χ4v) is 3.13. The number of aryl methyl sites for hydroxylation is 1. The van der Waals surface area contributed by atoms with Crippen LogP contribution in [-0.2, 0) is 0 Å². The highest BCUT2D eigenvalue weighted by Gasteiger charge is 2.14. The summed E-state index contributed by atoms with van der Waals surface area (Å²) in [4.78, 5) is 33.0. The van der Waals surface area contributed by atoms with E-state index in [0.29, 0.717) is 15.7 Å². The van der Waals surface area contributed by atoms with Crippen LogP contribution < -0.4 is 10.6 Å². The van der Waals surface area contributed by atoms with Gasteiger partial charge in [-0.3, -0.25) is 20.4 Å². The maximum absolute atomic E-state index is 12.2. The molecule has 3 amide bonds. The topological polar surface area (TPSA) is 84.0 Å². The van der Waals surface area contributed by atoms with E-state index in [9.17, 15) is 9.59 Å². The molecule has 0 aliphatic rings. The Morgan fingerprint density at radius 3 is 2.37 bits per heavy atom. The quantitative estimate of drug-likeness (QED) is 0.545. The van der Waals surface area contributed by atoms with Crippen molar-refractivity contribution in [3.05, 3.63) is 74.9 Å². The van der Waals surface area contributed by atoms with Crippen molar-refractivity contribution >= 4 is 49.6 Å². The molecule has 0 aliphatic heterocycles.